The second-order valence-electron chi connectivity index (χ2n) is 7.42. The maximum atomic E-state index is 12.3. The van der Waals surface area contributed by atoms with Crippen LogP contribution in [0.4, 0.5) is 5.69 Å². The zero-order chi connectivity index (χ0) is 22.4. The van der Waals surface area contributed by atoms with Crippen molar-refractivity contribution in [2.24, 2.45) is 0 Å². The molecule has 0 atom stereocenters. The number of hydrogen-bond acceptors (Lipinski definition) is 5. The monoisotopic (exact) mass is 553 g/mol. The average molecular weight is 553 g/mol. The maximum absolute atomic E-state index is 12.3. The number of hydrogen-bond donors (Lipinski definition) is 1. The van der Waals surface area contributed by atoms with Crippen LogP contribution >= 0.6 is 34.8 Å². The van der Waals surface area contributed by atoms with Gasteiger partial charge in [-0.05, 0) is 65.9 Å². The molecule has 1 heterocycles. The summed E-state index contributed by atoms with van der Waals surface area (Å²) in [6.45, 7) is 8.99. The Morgan fingerprint density at radius 2 is 1.94 bits per heavy atom. The van der Waals surface area contributed by atoms with Gasteiger partial charge in [0.05, 0.1) is 10.7 Å². The smallest absolute Gasteiger partial charge is 0.262 e. The van der Waals surface area contributed by atoms with Crippen LogP contribution < -0.4 is 14.8 Å². The molecule has 6 nitrogen and oxygen atoms in total. The number of halogens is 1. The molecule has 1 fully saturated rings. The highest BCUT2D eigenvalue weighted by Gasteiger charge is 2.21. The summed E-state index contributed by atoms with van der Waals surface area (Å²) < 4.78 is 12.2. The van der Waals surface area contributed by atoms with E-state index in [1.807, 2.05) is 43.3 Å². The summed E-state index contributed by atoms with van der Waals surface area (Å²) in [6, 6.07) is 11.5. The number of nitrogens with zero attached hydrogens (tertiary/aromatic N) is 2. The lowest BCUT2D eigenvalue weighted by molar-refractivity contribution is -0.118. The molecule has 1 aliphatic rings. The van der Waals surface area contributed by atoms with Crippen molar-refractivity contribution < 1.29 is 14.3 Å². The minimum Gasteiger partial charge on any atom is -0.493 e. The topological polar surface area (TPSA) is 54.0 Å². The molecule has 166 valence electrons. The Hall–Kier alpha value is -1.91. The summed E-state index contributed by atoms with van der Waals surface area (Å²) in [5.74, 6) is 0.890. The molecule has 0 saturated carbocycles. The van der Waals surface area contributed by atoms with Crippen LogP contribution in [-0.4, -0.2) is 67.1 Å². The molecule has 0 bridgehead atoms. The molecular weight excluding hydrogens is 525 g/mol. The standard InChI is InChI=1S/C23H28IN3O3S/c1-4-26-8-10-27(11-9-26)23(31)17-13-19(24)22(20(14-17)29-3)30-15-21(28)25-18-7-5-6-16(2)12-18/h5-7,12-14H,4,8-11,15H2,1-3H3,(H,25,28). The van der Waals surface area contributed by atoms with Gasteiger partial charge in [0.25, 0.3) is 5.91 Å². The lowest BCUT2D eigenvalue weighted by atomic mass is 10.1. The molecule has 1 N–H and O–H groups in total. The van der Waals surface area contributed by atoms with E-state index in [9.17, 15) is 4.79 Å². The van der Waals surface area contributed by atoms with Crippen LogP contribution in [0.25, 0.3) is 0 Å². The van der Waals surface area contributed by atoms with Crippen molar-refractivity contribution in [3.05, 3.63) is 51.1 Å². The second kappa shape index (κ2) is 11.1. The molecule has 0 spiro atoms. The van der Waals surface area contributed by atoms with E-state index in [2.05, 4.69) is 44.6 Å². The summed E-state index contributed by atoms with van der Waals surface area (Å²) in [5, 5.41) is 2.85. The van der Waals surface area contributed by atoms with Gasteiger partial charge in [0.15, 0.2) is 18.1 Å². The zero-order valence-electron chi connectivity index (χ0n) is 18.1. The molecule has 1 amide bonds. The average Bonchev–Trinajstić information content (AvgIpc) is 2.77. The first-order valence-corrected chi connectivity index (χ1v) is 11.8. The van der Waals surface area contributed by atoms with Crippen molar-refractivity contribution in [1.82, 2.24) is 9.80 Å². The van der Waals surface area contributed by atoms with Crippen LogP contribution in [0, 0.1) is 10.5 Å². The van der Waals surface area contributed by atoms with Gasteiger partial charge in [-0.2, -0.15) is 0 Å². The number of nitrogens with one attached hydrogen (secondary N) is 1. The lowest BCUT2D eigenvalue weighted by Crippen LogP contribution is -2.48. The summed E-state index contributed by atoms with van der Waals surface area (Å²) >= 11 is 7.96. The number of methoxy groups -OCH3 is 1. The number of amides is 1. The normalized spacial score (nSPS) is 14.3. The third-order valence-corrected chi connectivity index (χ3v) is 6.53. The number of likely N-dealkylation sites (N-methyl/N-ethyl adjacent to an activating group) is 1. The minimum atomic E-state index is -0.225. The highest BCUT2D eigenvalue weighted by molar-refractivity contribution is 14.1. The van der Waals surface area contributed by atoms with E-state index in [0.29, 0.717) is 11.5 Å². The molecule has 3 rings (SSSR count). The predicted octanol–water partition coefficient (Wildman–Crippen LogP) is 3.94. The van der Waals surface area contributed by atoms with E-state index in [-0.39, 0.29) is 12.5 Å². The third kappa shape index (κ3) is 6.30. The van der Waals surface area contributed by atoms with Crippen molar-refractivity contribution >= 4 is 51.4 Å². The van der Waals surface area contributed by atoms with Crippen LogP contribution in [0.2, 0.25) is 0 Å². The predicted molar refractivity (Wildman–Crippen MR) is 136 cm³/mol. The molecule has 8 heteroatoms. The third-order valence-electron chi connectivity index (χ3n) is 5.23. The Bertz CT molecular complexity index is 946. The Kier molecular flexibility index (Phi) is 8.50. The number of benzene rings is 2. The number of thiocarbonyl (C=S) groups is 1. The fourth-order valence-electron chi connectivity index (χ4n) is 3.49. The fraction of sp³-hybridized carbons (Fsp3) is 0.391. The van der Waals surface area contributed by atoms with Crippen molar-refractivity contribution in [3.8, 4) is 11.5 Å². The highest BCUT2D eigenvalue weighted by Crippen LogP contribution is 2.34. The fourth-order valence-corrected chi connectivity index (χ4v) is 4.55. The Balaban J connectivity index is 1.66. The molecular formula is C23H28IN3O3S. The zero-order valence-corrected chi connectivity index (χ0v) is 21.1. The highest BCUT2D eigenvalue weighted by atomic mass is 127. The van der Waals surface area contributed by atoms with E-state index in [0.717, 1.165) is 58.1 Å². The van der Waals surface area contributed by atoms with Gasteiger partial charge in [-0.3, -0.25) is 4.79 Å². The Morgan fingerprint density at radius 3 is 2.58 bits per heavy atom. The van der Waals surface area contributed by atoms with Crippen molar-refractivity contribution in [3.63, 3.8) is 0 Å². The first kappa shape index (κ1) is 23.7. The Labute approximate surface area is 203 Å². The summed E-state index contributed by atoms with van der Waals surface area (Å²) in [7, 11) is 1.60. The van der Waals surface area contributed by atoms with Crippen molar-refractivity contribution in [2.75, 3.05) is 51.8 Å². The van der Waals surface area contributed by atoms with E-state index >= 15 is 0 Å². The molecule has 0 unspecified atom stereocenters. The molecule has 1 saturated heterocycles. The molecule has 2 aromatic rings. The van der Waals surface area contributed by atoms with Crippen molar-refractivity contribution in [1.29, 1.82) is 0 Å². The molecule has 0 radical (unpaired) electrons. The summed E-state index contributed by atoms with van der Waals surface area (Å²) in [5.41, 5.74) is 2.76. The van der Waals surface area contributed by atoms with Gasteiger partial charge >= 0.3 is 0 Å². The molecule has 31 heavy (non-hydrogen) atoms. The van der Waals surface area contributed by atoms with Crippen LogP contribution in [0.1, 0.15) is 18.1 Å². The van der Waals surface area contributed by atoms with Crippen LogP contribution in [0.3, 0.4) is 0 Å². The van der Waals surface area contributed by atoms with E-state index < -0.39 is 0 Å². The number of carbonyl (C=O) groups is 1. The van der Waals surface area contributed by atoms with E-state index in [4.69, 9.17) is 21.7 Å². The van der Waals surface area contributed by atoms with Gasteiger partial charge in [0.1, 0.15) is 4.99 Å². The van der Waals surface area contributed by atoms with Gasteiger partial charge < -0.3 is 24.6 Å². The SMILES string of the molecule is CCN1CCN(C(=S)c2cc(I)c(OCC(=O)Nc3cccc(C)c3)c(OC)c2)CC1. The van der Waals surface area contributed by atoms with Crippen LogP contribution in [0.5, 0.6) is 11.5 Å². The largest absolute Gasteiger partial charge is 0.493 e. The Morgan fingerprint density at radius 1 is 1.19 bits per heavy atom. The molecule has 0 aromatic heterocycles. The quantitative estimate of drug-likeness (QED) is 0.415. The van der Waals surface area contributed by atoms with Crippen LogP contribution in [-0.2, 0) is 4.79 Å². The molecule has 2 aromatic carbocycles. The van der Waals surface area contributed by atoms with Gasteiger partial charge in [-0.15, -0.1) is 0 Å². The van der Waals surface area contributed by atoms with Crippen LogP contribution in [0.15, 0.2) is 36.4 Å². The molecule has 0 aliphatic carbocycles. The van der Waals surface area contributed by atoms with Gasteiger partial charge in [-0.25, -0.2) is 0 Å². The van der Waals surface area contributed by atoms with E-state index in [1.54, 1.807) is 7.11 Å². The number of rotatable bonds is 7. The van der Waals surface area contributed by atoms with Gasteiger partial charge in [0, 0.05) is 37.4 Å². The maximum Gasteiger partial charge on any atom is 0.262 e. The molecule has 1 aliphatic heterocycles. The van der Waals surface area contributed by atoms with E-state index in [1.165, 1.54) is 0 Å². The first-order valence-electron chi connectivity index (χ1n) is 10.3. The number of aryl methyl sites for hydroxylation is 1. The summed E-state index contributed by atoms with van der Waals surface area (Å²) in [4.78, 5) is 17.8. The first-order chi connectivity index (χ1) is 14.9. The number of carbonyl (C=O) groups excluding carboxylic acids is 1. The minimum absolute atomic E-state index is 0.108. The summed E-state index contributed by atoms with van der Waals surface area (Å²) in [6.07, 6.45) is 0. The number of piperazine rings is 1. The van der Waals surface area contributed by atoms with Gasteiger partial charge in [0.2, 0.25) is 0 Å². The number of anilines is 1. The number of ether oxygens (including phenoxy) is 2. The lowest BCUT2D eigenvalue weighted by Gasteiger charge is -2.35. The van der Waals surface area contributed by atoms with Crippen molar-refractivity contribution in [2.45, 2.75) is 13.8 Å². The second-order valence-corrected chi connectivity index (χ2v) is 8.97. The van der Waals surface area contributed by atoms with Gasteiger partial charge in [-0.1, -0.05) is 31.3 Å².